The zero-order valence-electron chi connectivity index (χ0n) is 16.7. The zero-order valence-corrected chi connectivity index (χ0v) is 16.7. The predicted octanol–water partition coefficient (Wildman–Crippen LogP) is 3.64. The topological polar surface area (TPSA) is 89.7 Å². The van der Waals surface area contributed by atoms with Crippen molar-refractivity contribution < 1.29 is 32.0 Å². The molecule has 0 spiro atoms. The monoisotopic (exact) mass is 416 g/mol. The smallest absolute Gasteiger partial charge is 0.444 e. The van der Waals surface area contributed by atoms with Gasteiger partial charge in [-0.25, -0.2) is 4.79 Å². The molecule has 1 heterocycles. The molecule has 2 rings (SSSR count). The van der Waals surface area contributed by atoms with Crippen molar-refractivity contribution in [1.82, 2.24) is 20.4 Å². The number of halogens is 3. The molecule has 0 aliphatic heterocycles. The number of rotatable bonds is 6. The quantitative estimate of drug-likeness (QED) is 0.769. The van der Waals surface area contributed by atoms with Gasteiger partial charge in [0, 0.05) is 5.56 Å². The Kier molecular flexibility index (Phi) is 6.73. The highest BCUT2D eigenvalue weighted by atomic mass is 19.4. The van der Waals surface area contributed by atoms with Gasteiger partial charge in [-0.1, -0.05) is 23.4 Å². The maximum absolute atomic E-state index is 12.8. The molecule has 0 fully saturated rings. The molecular weight excluding hydrogens is 393 g/mol. The number of alkyl halides is 3. The maximum Gasteiger partial charge on any atom is 0.573 e. The molecular formula is C18H23F3N4O4. The van der Waals surface area contributed by atoms with E-state index >= 15 is 0 Å². The number of aromatic nitrogens is 2. The number of para-hydroxylation sites is 1. The predicted molar refractivity (Wildman–Crippen MR) is 96.0 cm³/mol. The van der Waals surface area contributed by atoms with Crippen LogP contribution >= 0.6 is 0 Å². The van der Waals surface area contributed by atoms with Crippen LogP contribution in [0, 0.1) is 0 Å². The van der Waals surface area contributed by atoms with Crippen molar-refractivity contribution in [2.45, 2.75) is 45.3 Å². The molecule has 1 atom stereocenters. The molecule has 0 bridgehead atoms. The summed E-state index contributed by atoms with van der Waals surface area (Å²) in [6, 6.07) is 4.19. The summed E-state index contributed by atoms with van der Waals surface area (Å²) < 4.78 is 53.0. The first-order valence-corrected chi connectivity index (χ1v) is 8.65. The highest BCUT2D eigenvalue weighted by Gasteiger charge is 2.35. The zero-order chi connectivity index (χ0) is 21.8. The molecule has 1 aromatic carbocycles. The van der Waals surface area contributed by atoms with Crippen LogP contribution in [0.25, 0.3) is 0 Å². The van der Waals surface area contributed by atoms with Crippen molar-refractivity contribution in [3.63, 3.8) is 0 Å². The molecule has 0 saturated carbocycles. The Hall–Kier alpha value is -2.82. The number of nitrogens with zero attached hydrogens (tertiary/aromatic N) is 3. The number of amides is 1. The second-order valence-corrected chi connectivity index (χ2v) is 7.45. The minimum Gasteiger partial charge on any atom is -0.444 e. The van der Waals surface area contributed by atoms with Gasteiger partial charge in [-0.15, -0.1) is 13.2 Å². The lowest BCUT2D eigenvalue weighted by Crippen LogP contribution is -2.36. The van der Waals surface area contributed by atoms with Crippen molar-refractivity contribution in [2.75, 3.05) is 14.1 Å². The molecule has 0 saturated heterocycles. The third-order valence-electron chi connectivity index (χ3n) is 3.31. The van der Waals surface area contributed by atoms with Crippen molar-refractivity contribution in [2.24, 2.45) is 0 Å². The first kappa shape index (κ1) is 22.5. The third-order valence-corrected chi connectivity index (χ3v) is 3.31. The van der Waals surface area contributed by atoms with Crippen LogP contribution in [-0.2, 0) is 11.3 Å². The minimum absolute atomic E-state index is 0.00659. The molecule has 8 nitrogen and oxygen atoms in total. The van der Waals surface area contributed by atoms with Gasteiger partial charge in [0.1, 0.15) is 17.4 Å². The molecule has 1 N–H and O–H groups in total. The van der Waals surface area contributed by atoms with Crippen LogP contribution in [-0.4, -0.2) is 47.2 Å². The van der Waals surface area contributed by atoms with Crippen LogP contribution in [0.15, 0.2) is 28.8 Å². The summed E-state index contributed by atoms with van der Waals surface area (Å²) in [4.78, 5) is 18.3. The summed E-state index contributed by atoms with van der Waals surface area (Å²) in [5.74, 6) is -0.304. The van der Waals surface area contributed by atoms with E-state index in [9.17, 15) is 18.0 Å². The Morgan fingerprint density at radius 3 is 2.48 bits per heavy atom. The standard InChI is InChI=1S/C18H23F3N4O4/c1-17(2,3)28-16(26)23-14(15-22-13(29-24-15)10-25(4)5)11-8-6-7-9-12(11)27-18(19,20)21/h6-9,14H,10H2,1-5H3,(H,23,26). The van der Waals surface area contributed by atoms with Gasteiger partial charge in [0.05, 0.1) is 6.54 Å². The van der Waals surface area contributed by atoms with Crippen LogP contribution in [0.5, 0.6) is 5.75 Å². The van der Waals surface area contributed by atoms with E-state index in [1.165, 1.54) is 18.2 Å². The molecule has 2 aromatic rings. The summed E-state index contributed by atoms with van der Waals surface area (Å²) >= 11 is 0. The van der Waals surface area contributed by atoms with Gasteiger partial charge >= 0.3 is 12.5 Å². The fourth-order valence-corrected chi connectivity index (χ4v) is 2.36. The molecule has 160 valence electrons. The minimum atomic E-state index is -4.92. The van der Waals surface area contributed by atoms with Crippen LogP contribution < -0.4 is 10.1 Å². The van der Waals surface area contributed by atoms with Crippen molar-refractivity contribution >= 4 is 6.09 Å². The number of ether oxygens (including phenoxy) is 2. The van der Waals surface area contributed by atoms with Crippen LogP contribution in [0.1, 0.15) is 44.1 Å². The van der Waals surface area contributed by atoms with E-state index in [0.717, 1.165) is 6.07 Å². The Morgan fingerprint density at radius 2 is 1.90 bits per heavy atom. The van der Waals surface area contributed by atoms with E-state index in [0.29, 0.717) is 6.54 Å². The van der Waals surface area contributed by atoms with Crippen molar-refractivity contribution in [1.29, 1.82) is 0 Å². The first-order chi connectivity index (χ1) is 13.3. The fourth-order valence-electron chi connectivity index (χ4n) is 2.36. The Balaban J connectivity index is 2.43. The van der Waals surface area contributed by atoms with Gasteiger partial charge in [-0.05, 0) is 40.9 Å². The summed E-state index contributed by atoms with van der Waals surface area (Å²) in [5.41, 5.74) is -0.822. The second kappa shape index (κ2) is 8.68. The molecule has 0 aliphatic carbocycles. The number of nitrogens with one attached hydrogen (secondary N) is 1. The second-order valence-electron chi connectivity index (χ2n) is 7.45. The summed E-state index contributed by atoms with van der Waals surface area (Å²) in [5, 5.41) is 6.31. The van der Waals surface area contributed by atoms with Crippen LogP contribution in [0.2, 0.25) is 0 Å². The van der Waals surface area contributed by atoms with Gasteiger partial charge in [0.25, 0.3) is 0 Å². The van der Waals surface area contributed by atoms with E-state index in [-0.39, 0.29) is 17.3 Å². The fraction of sp³-hybridized carbons (Fsp3) is 0.500. The van der Waals surface area contributed by atoms with E-state index in [2.05, 4.69) is 20.2 Å². The summed E-state index contributed by atoms with van der Waals surface area (Å²) in [6.45, 7) is 5.29. The number of hydrogen-bond acceptors (Lipinski definition) is 7. The largest absolute Gasteiger partial charge is 0.573 e. The van der Waals surface area contributed by atoms with E-state index < -0.39 is 29.8 Å². The molecule has 1 amide bonds. The lowest BCUT2D eigenvalue weighted by Gasteiger charge is -2.23. The van der Waals surface area contributed by atoms with Gasteiger partial charge in [0.2, 0.25) is 5.89 Å². The maximum atomic E-state index is 12.8. The van der Waals surface area contributed by atoms with Gasteiger partial charge in [0.15, 0.2) is 5.82 Å². The average molecular weight is 416 g/mol. The van der Waals surface area contributed by atoms with Gasteiger partial charge in [-0.2, -0.15) is 4.98 Å². The Bertz CT molecular complexity index is 831. The normalized spacial score (nSPS) is 13.3. The molecule has 0 radical (unpaired) electrons. The summed E-state index contributed by atoms with van der Waals surface area (Å²) in [6.07, 6.45) is -5.77. The number of hydrogen-bond donors (Lipinski definition) is 1. The van der Waals surface area contributed by atoms with Crippen LogP contribution in [0.4, 0.5) is 18.0 Å². The SMILES string of the molecule is CN(C)Cc1nc(C(NC(=O)OC(C)(C)C)c2ccccc2OC(F)(F)F)no1. The molecule has 11 heteroatoms. The Labute approximate surface area is 166 Å². The number of carbonyl (C=O) groups excluding carboxylic acids is 1. The highest BCUT2D eigenvalue weighted by molar-refractivity contribution is 5.69. The first-order valence-electron chi connectivity index (χ1n) is 8.65. The van der Waals surface area contributed by atoms with Crippen LogP contribution in [0.3, 0.4) is 0 Å². The highest BCUT2D eigenvalue weighted by Crippen LogP contribution is 2.33. The van der Waals surface area contributed by atoms with Crippen molar-refractivity contribution in [3.05, 3.63) is 41.5 Å². The Morgan fingerprint density at radius 1 is 1.24 bits per heavy atom. The van der Waals surface area contributed by atoms with E-state index in [4.69, 9.17) is 9.26 Å². The molecule has 1 aromatic heterocycles. The third kappa shape index (κ3) is 7.26. The number of benzene rings is 1. The molecule has 0 aliphatic rings. The van der Waals surface area contributed by atoms with Gasteiger partial charge < -0.3 is 24.2 Å². The summed E-state index contributed by atoms with van der Waals surface area (Å²) in [7, 11) is 3.57. The average Bonchev–Trinajstić information content (AvgIpc) is 2.97. The lowest BCUT2D eigenvalue weighted by atomic mass is 10.1. The van der Waals surface area contributed by atoms with E-state index in [1.54, 1.807) is 39.8 Å². The lowest BCUT2D eigenvalue weighted by molar-refractivity contribution is -0.275. The molecule has 1 unspecified atom stereocenters. The number of carbonyl (C=O) groups is 1. The van der Waals surface area contributed by atoms with Gasteiger partial charge in [-0.3, -0.25) is 0 Å². The van der Waals surface area contributed by atoms with E-state index in [1.807, 2.05) is 0 Å². The molecule has 29 heavy (non-hydrogen) atoms. The van der Waals surface area contributed by atoms with Crippen molar-refractivity contribution in [3.8, 4) is 5.75 Å². The number of alkyl carbamates (subject to hydrolysis) is 1.